The Morgan fingerprint density at radius 1 is 1.35 bits per heavy atom. The van der Waals surface area contributed by atoms with Crippen LogP contribution in [0.3, 0.4) is 0 Å². The molecule has 0 aliphatic rings. The Hall–Kier alpha value is -1.88. The molecule has 2 aromatic rings. The first-order valence-corrected chi connectivity index (χ1v) is 6.79. The first kappa shape index (κ1) is 14.5. The minimum absolute atomic E-state index is 0.0875. The number of hydrogen-bond acceptors (Lipinski definition) is 2. The van der Waals surface area contributed by atoms with Crippen LogP contribution in [0.4, 0.5) is 4.39 Å². The zero-order chi connectivity index (χ0) is 14.7. The van der Waals surface area contributed by atoms with Gasteiger partial charge in [-0.3, -0.25) is 5.41 Å². The molecule has 0 amide bonds. The molecule has 0 aliphatic carbocycles. The van der Waals surface area contributed by atoms with Crippen molar-refractivity contribution < 1.29 is 9.13 Å². The molecule has 2 aromatic carbocycles. The molecular formula is C15H14BrFN2O. The third-order valence-electron chi connectivity index (χ3n) is 2.90. The third-order valence-corrected chi connectivity index (χ3v) is 3.40. The SMILES string of the molecule is Cc1ccc(Br)cc1OCc1cccc(C(=N)N)c1F. The van der Waals surface area contributed by atoms with E-state index in [9.17, 15) is 4.39 Å². The van der Waals surface area contributed by atoms with E-state index in [2.05, 4.69) is 15.9 Å². The van der Waals surface area contributed by atoms with Crippen LogP contribution in [-0.4, -0.2) is 5.84 Å². The smallest absolute Gasteiger partial charge is 0.140 e. The van der Waals surface area contributed by atoms with Gasteiger partial charge in [0.2, 0.25) is 0 Å². The Morgan fingerprint density at radius 3 is 2.80 bits per heavy atom. The molecule has 3 nitrogen and oxygen atoms in total. The lowest BCUT2D eigenvalue weighted by Crippen LogP contribution is -2.14. The van der Waals surface area contributed by atoms with Crippen molar-refractivity contribution in [2.45, 2.75) is 13.5 Å². The van der Waals surface area contributed by atoms with Crippen LogP contribution in [0.15, 0.2) is 40.9 Å². The van der Waals surface area contributed by atoms with Gasteiger partial charge in [-0.15, -0.1) is 0 Å². The predicted molar refractivity (Wildman–Crippen MR) is 80.6 cm³/mol. The van der Waals surface area contributed by atoms with Gasteiger partial charge in [-0.1, -0.05) is 34.1 Å². The van der Waals surface area contributed by atoms with Crippen LogP contribution in [0.5, 0.6) is 5.75 Å². The highest BCUT2D eigenvalue weighted by atomic mass is 79.9. The molecule has 0 heterocycles. The molecule has 2 rings (SSSR count). The molecule has 0 spiro atoms. The van der Waals surface area contributed by atoms with Gasteiger partial charge in [0.05, 0.1) is 5.56 Å². The van der Waals surface area contributed by atoms with Crippen LogP contribution in [0.1, 0.15) is 16.7 Å². The van der Waals surface area contributed by atoms with E-state index in [1.807, 2.05) is 25.1 Å². The number of rotatable bonds is 4. The van der Waals surface area contributed by atoms with Gasteiger partial charge in [-0.05, 0) is 30.7 Å². The lowest BCUT2D eigenvalue weighted by atomic mass is 10.1. The number of ether oxygens (including phenoxy) is 1. The van der Waals surface area contributed by atoms with Crippen LogP contribution in [0.25, 0.3) is 0 Å². The summed E-state index contributed by atoms with van der Waals surface area (Å²) in [5.41, 5.74) is 6.77. The van der Waals surface area contributed by atoms with Crippen molar-refractivity contribution in [3.05, 3.63) is 63.4 Å². The molecule has 0 unspecified atom stereocenters. The fraction of sp³-hybridized carbons (Fsp3) is 0.133. The monoisotopic (exact) mass is 336 g/mol. The van der Waals surface area contributed by atoms with E-state index in [-0.39, 0.29) is 18.0 Å². The number of nitrogen functional groups attached to an aromatic ring is 1. The summed E-state index contributed by atoms with van der Waals surface area (Å²) in [5, 5.41) is 7.32. The van der Waals surface area contributed by atoms with Crippen molar-refractivity contribution in [2.75, 3.05) is 0 Å². The van der Waals surface area contributed by atoms with E-state index >= 15 is 0 Å². The molecule has 20 heavy (non-hydrogen) atoms. The number of hydrogen-bond donors (Lipinski definition) is 2. The summed E-state index contributed by atoms with van der Waals surface area (Å²) in [5.74, 6) is -0.109. The van der Waals surface area contributed by atoms with Gasteiger partial charge in [0.25, 0.3) is 0 Å². The highest BCUT2D eigenvalue weighted by Gasteiger charge is 2.11. The average Bonchev–Trinajstić information content (AvgIpc) is 2.41. The maximum absolute atomic E-state index is 14.1. The molecule has 3 N–H and O–H groups in total. The molecule has 0 aliphatic heterocycles. The van der Waals surface area contributed by atoms with E-state index in [4.69, 9.17) is 15.9 Å². The second-order valence-corrected chi connectivity index (χ2v) is 5.31. The zero-order valence-electron chi connectivity index (χ0n) is 10.9. The Morgan fingerprint density at radius 2 is 2.10 bits per heavy atom. The number of amidine groups is 1. The molecule has 5 heteroatoms. The first-order valence-electron chi connectivity index (χ1n) is 6.00. The summed E-state index contributed by atoms with van der Waals surface area (Å²) in [7, 11) is 0. The number of halogens is 2. The standard InChI is InChI=1S/C15H14BrFN2O/c1-9-5-6-11(16)7-13(9)20-8-10-3-2-4-12(14(10)17)15(18)19/h2-7H,8H2,1H3,(H3,18,19). The topological polar surface area (TPSA) is 59.1 Å². The van der Waals surface area contributed by atoms with Crippen LogP contribution in [-0.2, 0) is 6.61 Å². The number of aryl methyl sites for hydroxylation is 1. The van der Waals surface area contributed by atoms with Gasteiger partial charge in [0, 0.05) is 10.0 Å². The molecule has 0 saturated carbocycles. The normalized spacial score (nSPS) is 10.3. The number of nitrogens with one attached hydrogen (secondary N) is 1. The van der Waals surface area contributed by atoms with E-state index in [1.54, 1.807) is 12.1 Å². The number of nitrogens with two attached hydrogens (primary N) is 1. The Labute approximate surface area is 125 Å². The van der Waals surface area contributed by atoms with Crippen molar-refractivity contribution in [2.24, 2.45) is 5.73 Å². The van der Waals surface area contributed by atoms with Gasteiger partial charge in [0.1, 0.15) is 24.0 Å². The third kappa shape index (κ3) is 3.17. The van der Waals surface area contributed by atoms with Crippen molar-refractivity contribution in [1.82, 2.24) is 0 Å². The summed E-state index contributed by atoms with van der Waals surface area (Å²) in [6.45, 7) is 2.01. The Bertz CT molecular complexity index is 658. The van der Waals surface area contributed by atoms with E-state index in [0.717, 1.165) is 10.0 Å². The quantitative estimate of drug-likeness (QED) is 0.659. The largest absolute Gasteiger partial charge is 0.488 e. The minimum atomic E-state index is -0.507. The van der Waals surface area contributed by atoms with Crippen molar-refractivity contribution in [3.63, 3.8) is 0 Å². The van der Waals surface area contributed by atoms with E-state index in [0.29, 0.717) is 11.3 Å². The summed E-state index contributed by atoms with van der Waals surface area (Å²) in [6.07, 6.45) is 0. The van der Waals surface area contributed by atoms with Gasteiger partial charge < -0.3 is 10.5 Å². The number of benzene rings is 2. The first-order chi connectivity index (χ1) is 9.49. The van der Waals surface area contributed by atoms with Crippen molar-refractivity contribution in [1.29, 1.82) is 5.41 Å². The molecular weight excluding hydrogens is 323 g/mol. The van der Waals surface area contributed by atoms with Crippen LogP contribution in [0, 0.1) is 18.2 Å². The van der Waals surface area contributed by atoms with E-state index in [1.165, 1.54) is 6.07 Å². The van der Waals surface area contributed by atoms with Crippen LogP contribution >= 0.6 is 15.9 Å². The molecule has 0 bridgehead atoms. The summed E-state index contributed by atoms with van der Waals surface area (Å²) >= 11 is 3.37. The molecule has 0 radical (unpaired) electrons. The fourth-order valence-electron chi connectivity index (χ4n) is 1.78. The molecule has 0 saturated heterocycles. The van der Waals surface area contributed by atoms with Gasteiger partial charge in [-0.2, -0.15) is 0 Å². The lowest BCUT2D eigenvalue weighted by Gasteiger charge is -2.11. The van der Waals surface area contributed by atoms with Crippen LogP contribution in [0.2, 0.25) is 0 Å². The Balaban J connectivity index is 2.21. The summed E-state index contributed by atoms with van der Waals surface area (Å²) in [4.78, 5) is 0. The summed E-state index contributed by atoms with van der Waals surface area (Å²) in [6, 6.07) is 10.4. The summed E-state index contributed by atoms with van der Waals surface area (Å²) < 4.78 is 20.6. The van der Waals surface area contributed by atoms with Gasteiger partial charge in [-0.25, -0.2) is 4.39 Å². The van der Waals surface area contributed by atoms with E-state index < -0.39 is 5.82 Å². The maximum atomic E-state index is 14.1. The van der Waals surface area contributed by atoms with Crippen molar-refractivity contribution in [3.8, 4) is 5.75 Å². The molecule has 104 valence electrons. The van der Waals surface area contributed by atoms with Gasteiger partial charge >= 0.3 is 0 Å². The Kier molecular flexibility index (Phi) is 4.39. The van der Waals surface area contributed by atoms with Gasteiger partial charge in [0.15, 0.2) is 0 Å². The average molecular weight is 337 g/mol. The highest BCUT2D eigenvalue weighted by Crippen LogP contribution is 2.24. The molecule has 0 atom stereocenters. The maximum Gasteiger partial charge on any atom is 0.140 e. The second-order valence-electron chi connectivity index (χ2n) is 4.39. The zero-order valence-corrected chi connectivity index (χ0v) is 12.5. The fourth-order valence-corrected chi connectivity index (χ4v) is 2.12. The second kappa shape index (κ2) is 6.05. The van der Waals surface area contributed by atoms with Crippen LogP contribution < -0.4 is 10.5 Å². The minimum Gasteiger partial charge on any atom is -0.488 e. The predicted octanol–water partition coefficient (Wildman–Crippen LogP) is 3.76. The highest BCUT2D eigenvalue weighted by molar-refractivity contribution is 9.10. The lowest BCUT2D eigenvalue weighted by molar-refractivity contribution is 0.297. The van der Waals surface area contributed by atoms with Crippen molar-refractivity contribution >= 4 is 21.8 Å². The molecule has 0 fully saturated rings. The molecule has 0 aromatic heterocycles.